The van der Waals surface area contributed by atoms with E-state index >= 15 is 0 Å². The summed E-state index contributed by atoms with van der Waals surface area (Å²) in [6.45, 7) is 0.270. The van der Waals surface area contributed by atoms with Crippen LogP contribution in [0.25, 0.3) is 0 Å². The number of nitriles is 1. The van der Waals surface area contributed by atoms with E-state index in [-0.39, 0.29) is 42.1 Å². The monoisotopic (exact) mass is 475 g/mol. The fourth-order valence-electron chi connectivity index (χ4n) is 4.75. The number of rotatable bonds is 5. The normalized spacial score (nSPS) is 26.0. The molecule has 1 aliphatic heterocycles. The minimum absolute atomic E-state index is 0.170. The summed E-state index contributed by atoms with van der Waals surface area (Å²) in [7, 11) is 0. The Morgan fingerprint density at radius 1 is 1.13 bits per heavy atom. The highest BCUT2D eigenvalue weighted by Crippen LogP contribution is 2.52. The van der Waals surface area contributed by atoms with Gasteiger partial charge in [-0.1, -0.05) is 30.4 Å². The summed E-state index contributed by atoms with van der Waals surface area (Å²) >= 11 is 3.49. The number of carbonyl (C=O) groups excluding carboxylic acids is 2. The van der Waals surface area contributed by atoms with Crippen LogP contribution in [0.4, 0.5) is 0 Å². The molecule has 2 bridgehead atoms. The zero-order chi connectivity index (χ0) is 21.5. The Bertz CT molecular complexity index is 1150. The van der Waals surface area contributed by atoms with Crippen molar-refractivity contribution in [1.82, 2.24) is 5.01 Å². The Morgan fingerprint density at radius 3 is 2.52 bits per heavy atom. The fourth-order valence-corrected chi connectivity index (χ4v) is 5.26. The van der Waals surface area contributed by atoms with Crippen LogP contribution in [-0.4, -0.2) is 23.0 Å². The van der Waals surface area contributed by atoms with E-state index in [9.17, 15) is 14.9 Å². The van der Waals surface area contributed by atoms with Crippen molar-refractivity contribution in [2.45, 2.75) is 13.0 Å². The number of nitrogens with zero attached hydrogens (tertiary/aromatic N) is 3. The van der Waals surface area contributed by atoms with Crippen molar-refractivity contribution in [1.29, 1.82) is 5.26 Å². The molecule has 2 aromatic rings. The molecule has 5 rings (SSSR count). The van der Waals surface area contributed by atoms with Crippen molar-refractivity contribution >= 4 is 34.0 Å². The molecule has 6 nitrogen and oxygen atoms in total. The number of benzene rings is 2. The molecule has 7 heteroatoms. The molecule has 31 heavy (non-hydrogen) atoms. The van der Waals surface area contributed by atoms with Crippen molar-refractivity contribution in [2.24, 2.45) is 28.8 Å². The third kappa shape index (κ3) is 3.37. The minimum atomic E-state index is -0.251. The number of hydrogen-bond donors (Lipinski definition) is 0. The van der Waals surface area contributed by atoms with Gasteiger partial charge in [0.2, 0.25) is 0 Å². The lowest BCUT2D eigenvalue weighted by Crippen LogP contribution is -2.28. The van der Waals surface area contributed by atoms with E-state index in [2.05, 4.69) is 39.3 Å². The third-order valence-corrected chi connectivity index (χ3v) is 6.87. The molecule has 2 fully saturated rings. The molecule has 0 N–H and O–H groups in total. The van der Waals surface area contributed by atoms with E-state index < -0.39 is 0 Å². The van der Waals surface area contributed by atoms with Crippen LogP contribution in [0.5, 0.6) is 5.75 Å². The molecule has 2 aromatic carbocycles. The highest BCUT2D eigenvalue weighted by Gasteiger charge is 2.59. The van der Waals surface area contributed by atoms with Gasteiger partial charge in [-0.25, -0.2) is 0 Å². The van der Waals surface area contributed by atoms with Crippen LogP contribution in [-0.2, 0) is 16.2 Å². The van der Waals surface area contributed by atoms with Crippen molar-refractivity contribution < 1.29 is 14.3 Å². The number of fused-ring (bicyclic) bond motifs is 5. The van der Waals surface area contributed by atoms with Crippen molar-refractivity contribution in [3.63, 3.8) is 0 Å². The van der Waals surface area contributed by atoms with Gasteiger partial charge in [-0.3, -0.25) is 9.59 Å². The predicted octanol–water partition coefficient (Wildman–Crippen LogP) is 4.04. The van der Waals surface area contributed by atoms with Crippen molar-refractivity contribution in [2.75, 3.05) is 0 Å². The molecular formula is C24H18BrN3O3. The molecular weight excluding hydrogens is 458 g/mol. The quantitative estimate of drug-likeness (QED) is 0.371. The zero-order valence-corrected chi connectivity index (χ0v) is 18.0. The van der Waals surface area contributed by atoms with E-state index in [1.165, 1.54) is 6.21 Å². The smallest absolute Gasteiger partial charge is 0.254 e. The Labute approximate surface area is 187 Å². The highest BCUT2D eigenvalue weighted by atomic mass is 79.9. The average molecular weight is 476 g/mol. The maximum atomic E-state index is 12.7. The lowest BCUT2D eigenvalue weighted by Gasteiger charge is -2.13. The Morgan fingerprint density at radius 2 is 1.84 bits per heavy atom. The van der Waals surface area contributed by atoms with Crippen LogP contribution in [0.15, 0.2) is 64.2 Å². The Hall–Kier alpha value is -3.24. The zero-order valence-electron chi connectivity index (χ0n) is 16.4. The van der Waals surface area contributed by atoms with Gasteiger partial charge in [0.1, 0.15) is 12.4 Å². The summed E-state index contributed by atoms with van der Waals surface area (Å²) in [6, 6.07) is 14.8. The summed E-state index contributed by atoms with van der Waals surface area (Å²) in [5, 5.41) is 14.4. The first-order chi connectivity index (χ1) is 15.1. The molecule has 0 radical (unpaired) electrons. The second-order valence-electron chi connectivity index (χ2n) is 7.98. The van der Waals surface area contributed by atoms with Gasteiger partial charge >= 0.3 is 0 Å². The summed E-state index contributed by atoms with van der Waals surface area (Å²) in [5.74, 6) is 0.0654. The van der Waals surface area contributed by atoms with Crippen LogP contribution in [0.2, 0.25) is 0 Å². The second kappa shape index (κ2) is 7.78. The van der Waals surface area contributed by atoms with E-state index in [0.29, 0.717) is 15.8 Å². The van der Waals surface area contributed by atoms with Crippen LogP contribution in [0.1, 0.15) is 23.1 Å². The number of hydrogen-bond acceptors (Lipinski definition) is 5. The van der Waals surface area contributed by atoms with Crippen molar-refractivity contribution in [3.05, 3.63) is 75.8 Å². The maximum Gasteiger partial charge on any atom is 0.254 e. The molecule has 0 aromatic heterocycles. The van der Waals surface area contributed by atoms with Crippen LogP contribution in [0.3, 0.4) is 0 Å². The third-order valence-electron chi connectivity index (χ3n) is 6.25. The first kappa shape index (κ1) is 19.7. The molecule has 2 aliphatic carbocycles. The Kier molecular flexibility index (Phi) is 4.95. The molecule has 1 saturated heterocycles. The predicted molar refractivity (Wildman–Crippen MR) is 117 cm³/mol. The van der Waals surface area contributed by atoms with E-state index in [1.807, 2.05) is 24.3 Å². The lowest BCUT2D eigenvalue weighted by molar-refractivity contribution is -0.140. The van der Waals surface area contributed by atoms with E-state index in [4.69, 9.17) is 4.74 Å². The van der Waals surface area contributed by atoms with E-state index in [0.717, 1.165) is 22.6 Å². The average Bonchev–Trinajstić information content (AvgIpc) is 3.46. The summed E-state index contributed by atoms with van der Waals surface area (Å²) in [5.41, 5.74) is 2.12. The lowest BCUT2D eigenvalue weighted by atomic mass is 9.85. The second-order valence-corrected chi connectivity index (χ2v) is 8.83. The van der Waals surface area contributed by atoms with Gasteiger partial charge in [0, 0.05) is 5.56 Å². The number of hydrazone groups is 1. The molecule has 2 amide bonds. The molecule has 0 spiro atoms. The summed E-state index contributed by atoms with van der Waals surface area (Å²) in [6.07, 6.45) is 6.55. The van der Waals surface area contributed by atoms with Gasteiger partial charge in [-0.15, -0.1) is 0 Å². The standard InChI is InChI=1S/C24H18BrN3O3/c25-19-9-14(5-8-20(19)31-13-18-4-2-1-3-17(18)11-26)12-27-28-23(29)21-15-6-7-16(10-15)22(21)24(28)30/h1-9,12,15-16,21-22H,10,13H2/t15-,16-,21-,22+/m0/s1. The van der Waals surface area contributed by atoms with E-state index in [1.54, 1.807) is 18.2 Å². The van der Waals surface area contributed by atoms with Crippen LogP contribution in [0, 0.1) is 35.0 Å². The number of carbonyl (C=O) groups is 2. The first-order valence-electron chi connectivity index (χ1n) is 10.1. The number of ether oxygens (including phenoxy) is 1. The molecule has 3 aliphatic rings. The summed E-state index contributed by atoms with van der Waals surface area (Å²) in [4.78, 5) is 25.4. The van der Waals surface area contributed by atoms with Gasteiger partial charge in [-0.05, 0) is 64.0 Å². The maximum absolute atomic E-state index is 12.7. The number of halogens is 1. The van der Waals surface area contributed by atoms with Crippen LogP contribution < -0.4 is 4.74 Å². The highest BCUT2D eigenvalue weighted by molar-refractivity contribution is 9.10. The summed E-state index contributed by atoms with van der Waals surface area (Å²) < 4.78 is 6.56. The van der Waals surface area contributed by atoms with Gasteiger partial charge in [0.15, 0.2) is 0 Å². The molecule has 4 atom stereocenters. The van der Waals surface area contributed by atoms with Crippen molar-refractivity contribution in [3.8, 4) is 11.8 Å². The minimum Gasteiger partial charge on any atom is -0.488 e. The van der Waals surface area contributed by atoms with Gasteiger partial charge in [0.05, 0.1) is 34.2 Å². The first-order valence-corrected chi connectivity index (χ1v) is 10.9. The van der Waals surface area contributed by atoms with Gasteiger partial charge < -0.3 is 4.74 Å². The molecule has 0 unspecified atom stereocenters. The number of allylic oxidation sites excluding steroid dienone is 2. The topological polar surface area (TPSA) is 82.8 Å². The molecule has 1 saturated carbocycles. The largest absolute Gasteiger partial charge is 0.488 e. The van der Waals surface area contributed by atoms with Gasteiger partial charge in [0.25, 0.3) is 11.8 Å². The number of amides is 2. The molecule has 154 valence electrons. The Balaban J connectivity index is 1.27. The molecule has 1 heterocycles. The van der Waals surface area contributed by atoms with Gasteiger partial charge in [-0.2, -0.15) is 15.4 Å². The van der Waals surface area contributed by atoms with Crippen LogP contribution >= 0.6 is 15.9 Å². The SMILES string of the molecule is N#Cc1ccccc1COc1ccc(C=NN2C(=O)[C@@H]3[C@H](C2=O)[C@H]2C=C[C@H]3C2)cc1Br. The number of imide groups is 1. The fraction of sp³-hybridized carbons (Fsp3) is 0.250.